The highest BCUT2D eigenvalue weighted by Gasteiger charge is 2.22. The molecule has 0 saturated heterocycles. The molecule has 1 amide bonds. The molecule has 3 rings (SSSR count). The number of hydrogen-bond acceptors (Lipinski definition) is 4. The van der Waals surface area contributed by atoms with Crippen LogP contribution in [-0.4, -0.2) is 23.9 Å². The molecule has 0 unspecified atom stereocenters. The second-order valence-electron chi connectivity index (χ2n) is 5.25. The zero-order chi connectivity index (χ0) is 19.8. The summed E-state index contributed by atoms with van der Waals surface area (Å²) in [7, 11) is -4.26. The third kappa shape index (κ3) is 3.81. The lowest BCUT2D eigenvalue weighted by atomic mass is 10.3. The second-order valence-corrected chi connectivity index (χ2v) is 7.31. The van der Waals surface area contributed by atoms with Crippen LogP contribution in [0.4, 0.5) is 13.2 Å². The molecule has 0 aliphatic heterocycles. The van der Waals surface area contributed by atoms with E-state index >= 15 is 0 Å². The van der Waals surface area contributed by atoms with Gasteiger partial charge in [-0.05, 0) is 12.1 Å². The molecule has 3 aromatic rings. The highest BCUT2D eigenvalue weighted by atomic mass is 35.5. The highest BCUT2D eigenvalue weighted by Crippen LogP contribution is 2.21. The topological polar surface area (TPSA) is 81.1 Å². The van der Waals surface area contributed by atoms with Gasteiger partial charge in [-0.15, -0.1) is 0 Å². The van der Waals surface area contributed by atoms with E-state index in [-0.39, 0.29) is 21.3 Å². The maximum Gasteiger partial charge on any atom is 0.285 e. The van der Waals surface area contributed by atoms with Crippen LogP contribution in [0.25, 0.3) is 5.69 Å². The molecular formula is C16H9ClF3N3O3S. The van der Waals surface area contributed by atoms with Crippen molar-refractivity contribution in [2.75, 3.05) is 0 Å². The fourth-order valence-corrected chi connectivity index (χ4v) is 3.65. The molecule has 0 bridgehead atoms. The van der Waals surface area contributed by atoms with Gasteiger partial charge < -0.3 is 4.57 Å². The number of carbonyl (C=O) groups excluding carboxylic acids is 1. The molecule has 27 heavy (non-hydrogen) atoms. The smallest absolute Gasteiger partial charge is 0.285 e. The Labute approximate surface area is 156 Å². The van der Waals surface area contributed by atoms with Gasteiger partial charge >= 0.3 is 0 Å². The van der Waals surface area contributed by atoms with Gasteiger partial charge in [0, 0.05) is 18.3 Å². The Bertz CT molecular complexity index is 1130. The van der Waals surface area contributed by atoms with Gasteiger partial charge in [0.2, 0.25) is 0 Å². The van der Waals surface area contributed by atoms with Crippen LogP contribution in [0.2, 0.25) is 5.02 Å². The van der Waals surface area contributed by atoms with Crippen molar-refractivity contribution in [3.8, 4) is 5.69 Å². The van der Waals surface area contributed by atoms with Crippen LogP contribution in [0.15, 0.2) is 53.8 Å². The normalized spacial score (nSPS) is 11.4. The van der Waals surface area contributed by atoms with Gasteiger partial charge in [0.05, 0.1) is 10.7 Å². The number of nitrogens with zero attached hydrogens (tertiary/aromatic N) is 2. The minimum absolute atomic E-state index is 0.0828. The predicted molar refractivity (Wildman–Crippen MR) is 89.5 cm³/mol. The molecule has 2 aromatic carbocycles. The third-order valence-electron chi connectivity index (χ3n) is 3.44. The zero-order valence-electron chi connectivity index (χ0n) is 13.2. The molecular weight excluding hydrogens is 407 g/mol. The summed E-state index contributed by atoms with van der Waals surface area (Å²) in [6, 6.07) is 6.89. The molecule has 0 atom stereocenters. The van der Waals surface area contributed by atoms with E-state index < -0.39 is 33.4 Å². The maximum atomic E-state index is 13.3. The molecule has 1 N–H and O–H groups in total. The Morgan fingerprint density at radius 2 is 1.74 bits per heavy atom. The van der Waals surface area contributed by atoms with Crippen molar-refractivity contribution in [2.24, 2.45) is 0 Å². The highest BCUT2D eigenvalue weighted by molar-refractivity contribution is 7.90. The monoisotopic (exact) mass is 415 g/mol. The van der Waals surface area contributed by atoms with Crippen molar-refractivity contribution in [2.45, 2.75) is 4.90 Å². The molecule has 0 radical (unpaired) electrons. The summed E-state index contributed by atoms with van der Waals surface area (Å²) in [4.78, 5) is 15.5. The minimum Gasteiger partial charge on any atom is -0.305 e. The van der Waals surface area contributed by atoms with E-state index in [4.69, 9.17) is 11.6 Å². The Kier molecular flexibility index (Phi) is 4.94. The number of benzene rings is 2. The summed E-state index contributed by atoms with van der Waals surface area (Å²) in [5, 5.41) is -0.0828. The van der Waals surface area contributed by atoms with Crippen molar-refractivity contribution in [3.63, 3.8) is 0 Å². The van der Waals surface area contributed by atoms with Crippen LogP contribution in [0.5, 0.6) is 0 Å². The largest absolute Gasteiger partial charge is 0.305 e. The number of halogens is 4. The van der Waals surface area contributed by atoms with Crippen molar-refractivity contribution in [1.29, 1.82) is 0 Å². The van der Waals surface area contributed by atoms with Crippen LogP contribution >= 0.6 is 11.6 Å². The van der Waals surface area contributed by atoms with Crippen LogP contribution in [-0.2, 0) is 10.0 Å². The number of amides is 1. The molecule has 0 saturated carbocycles. The zero-order valence-corrected chi connectivity index (χ0v) is 14.7. The average molecular weight is 416 g/mol. The van der Waals surface area contributed by atoms with Crippen molar-refractivity contribution < 1.29 is 26.4 Å². The lowest BCUT2D eigenvalue weighted by molar-refractivity contribution is 0.0977. The quantitative estimate of drug-likeness (QED) is 0.664. The van der Waals surface area contributed by atoms with Crippen LogP contribution in [0.1, 0.15) is 10.5 Å². The second kappa shape index (κ2) is 7.05. The molecule has 6 nitrogen and oxygen atoms in total. The fraction of sp³-hybridized carbons (Fsp3) is 0. The van der Waals surface area contributed by atoms with E-state index in [1.807, 2.05) is 0 Å². The summed E-state index contributed by atoms with van der Waals surface area (Å²) in [5.41, 5.74) is -0.498. The molecule has 0 aliphatic carbocycles. The molecule has 0 spiro atoms. The van der Waals surface area contributed by atoms with Crippen molar-refractivity contribution >= 4 is 27.5 Å². The van der Waals surface area contributed by atoms with E-state index in [0.29, 0.717) is 12.1 Å². The molecule has 140 valence electrons. The molecule has 0 fully saturated rings. The number of hydrogen-bond donors (Lipinski definition) is 1. The first-order valence-electron chi connectivity index (χ1n) is 7.19. The first kappa shape index (κ1) is 18.9. The molecule has 0 aliphatic rings. The third-order valence-corrected chi connectivity index (χ3v) is 5.27. The van der Waals surface area contributed by atoms with Gasteiger partial charge in [-0.1, -0.05) is 23.7 Å². The van der Waals surface area contributed by atoms with E-state index in [9.17, 15) is 26.4 Å². The van der Waals surface area contributed by atoms with E-state index in [1.54, 1.807) is 4.72 Å². The summed E-state index contributed by atoms with van der Waals surface area (Å²) >= 11 is 5.81. The van der Waals surface area contributed by atoms with Crippen molar-refractivity contribution in [3.05, 3.63) is 77.1 Å². The maximum absolute atomic E-state index is 13.3. The Balaban J connectivity index is 1.87. The Morgan fingerprint density at radius 3 is 2.37 bits per heavy atom. The number of sulfonamides is 1. The fourth-order valence-electron chi connectivity index (χ4n) is 2.16. The SMILES string of the molecule is O=C(NS(=O)(=O)c1ccccc1Cl)c1cn(-c2cc(F)c(F)c(F)c2)cn1. The van der Waals surface area contributed by atoms with Gasteiger partial charge in [0.15, 0.2) is 17.5 Å². The standard InChI is InChI=1S/C16H9ClF3N3O3S/c17-10-3-1-2-4-14(10)27(25,26)22-16(24)13-7-23(8-21-13)9-5-11(18)15(20)12(19)6-9/h1-8H,(H,22,24). The molecule has 1 heterocycles. The number of imidazole rings is 1. The van der Waals surface area contributed by atoms with Crippen LogP contribution < -0.4 is 4.72 Å². The number of carbonyl (C=O) groups is 1. The number of nitrogens with one attached hydrogen (secondary N) is 1. The van der Waals surface area contributed by atoms with E-state index in [0.717, 1.165) is 17.1 Å². The summed E-state index contributed by atoms with van der Waals surface area (Å²) in [6.45, 7) is 0. The number of aromatic nitrogens is 2. The number of rotatable bonds is 4. The summed E-state index contributed by atoms with van der Waals surface area (Å²) in [6.07, 6.45) is 2.05. The first-order chi connectivity index (χ1) is 12.7. The molecule has 11 heteroatoms. The van der Waals surface area contributed by atoms with Gasteiger partial charge in [-0.25, -0.2) is 31.3 Å². The van der Waals surface area contributed by atoms with Crippen molar-refractivity contribution in [1.82, 2.24) is 14.3 Å². The van der Waals surface area contributed by atoms with Crippen LogP contribution in [0.3, 0.4) is 0 Å². The van der Waals surface area contributed by atoms with E-state index in [2.05, 4.69) is 4.98 Å². The van der Waals surface area contributed by atoms with Gasteiger partial charge in [0.25, 0.3) is 15.9 Å². The lowest BCUT2D eigenvalue weighted by Gasteiger charge is -2.07. The predicted octanol–water partition coefficient (Wildman–Crippen LogP) is 3.06. The van der Waals surface area contributed by atoms with Gasteiger partial charge in [-0.2, -0.15) is 0 Å². The Hall–Kier alpha value is -2.85. The molecule has 1 aromatic heterocycles. The van der Waals surface area contributed by atoms with Gasteiger partial charge in [0.1, 0.15) is 16.9 Å². The first-order valence-corrected chi connectivity index (χ1v) is 9.06. The summed E-state index contributed by atoms with van der Waals surface area (Å²) < 4.78 is 67.0. The summed E-state index contributed by atoms with van der Waals surface area (Å²) in [5.74, 6) is -5.57. The van der Waals surface area contributed by atoms with E-state index in [1.165, 1.54) is 24.3 Å². The minimum atomic E-state index is -4.26. The Morgan fingerprint density at radius 1 is 1.11 bits per heavy atom. The van der Waals surface area contributed by atoms with Crippen LogP contribution in [0, 0.1) is 17.5 Å². The average Bonchev–Trinajstić information content (AvgIpc) is 3.09. The lowest BCUT2D eigenvalue weighted by Crippen LogP contribution is -2.31. The van der Waals surface area contributed by atoms with Gasteiger partial charge in [-0.3, -0.25) is 4.79 Å².